The minimum Gasteiger partial charge on any atom is -0.281 e. The molecule has 0 saturated heterocycles. The van der Waals surface area contributed by atoms with Gasteiger partial charge in [-0.05, 0) is 29.4 Å². The number of rotatable bonds is 3. The van der Waals surface area contributed by atoms with E-state index in [0.29, 0.717) is 0 Å². The summed E-state index contributed by atoms with van der Waals surface area (Å²) >= 11 is 15.8. The first-order chi connectivity index (χ1) is 6.91. The molecule has 0 amide bonds. The third-order valence-electron chi connectivity index (χ3n) is 3.19. The molecule has 16 heavy (non-hydrogen) atoms. The van der Waals surface area contributed by atoms with Gasteiger partial charge in [-0.3, -0.25) is 4.79 Å². The molecular formula is C9H10Cl3F3O. The first-order valence-electron chi connectivity index (χ1n) is 4.55. The maximum absolute atomic E-state index is 12.4. The van der Waals surface area contributed by atoms with Crippen LogP contribution in [0.2, 0.25) is 0 Å². The zero-order valence-corrected chi connectivity index (χ0v) is 10.8. The third-order valence-corrected chi connectivity index (χ3v) is 4.16. The van der Waals surface area contributed by atoms with Crippen LogP contribution in [-0.4, -0.2) is 15.8 Å². The molecule has 2 unspecified atom stereocenters. The van der Waals surface area contributed by atoms with Gasteiger partial charge >= 0.3 is 6.18 Å². The van der Waals surface area contributed by atoms with Crippen molar-refractivity contribution in [2.45, 2.75) is 30.8 Å². The molecule has 1 saturated carbocycles. The number of hydrogen-bond donors (Lipinski definition) is 0. The van der Waals surface area contributed by atoms with E-state index in [1.807, 2.05) is 0 Å². The normalized spacial score (nSPS) is 29.0. The summed E-state index contributed by atoms with van der Waals surface area (Å²) in [6.45, 7) is 3.34. The van der Waals surface area contributed by atoms with Gasteiger partial charge in [-0.2, -0.15) is 13.2 Å². The molecule has 0 radical (unpaired) electrons. The summed E-state index contributed by atoms with van der Waals surface area (Å²) in [7, 11) is 0. The molecule has 0 heterocycles. The highest BCUT2D eigenvalue weighted by molar-refractivity contribution is 6.64. The highest BCUT2D eigenvalue weighted by Crippen LogP contribution is 2.64. The van der Waals surface area contributed by atoms with Gasteiger partial charge in [0.2, 0.25) is 9.58 Å². The Morgan fingerprint density at radius 3 is 2.00 bits per heavy atom. The lowest BCUT2D eigenvalue weighted by molar-refractivity contribution is -0.144. The van der Waals surface area contributed by atoms with Crippen LogP contribution in [0.25, 0.3) is 0 Å². The number of alkyl halides is 5. The quantitative estimate of drug-likeness (QED) is 0.565. The van der Waals surface area contributed by atoms with Crippen molar-refractivity contribution >= 4 is 40.0 Å². The van der Waals surface area contributed by atoms with Gasteiger partial charge in [0.15, 0.2) is 0 Å². The molecule has 7 heteroatoms. The smallest absolute Gasteiger partial charge is 0.281 e. The molecule has 0 aromatic rings. The molecule has 1 nitrogen and oxygen atoms in total. The van der Waals surface area contributed by atoms with Gasteiger partial charge in [0.25, 0.3) is 0 Å². The van der Waals surface area contributed by atoms with E-state index in [9.17, 15) is 18.0 Å². The molecule has 2 atom stereocenters. The molecule has 0 aliphatic heterocycles. The predicted octanol–water partition coefficient (Wildman–Crippen LogP) is 4.15. The average molecular weight is 298 g/mol. The van der Waals surface area contributed by atoms with Gasteiger partial charge in [0.05, 0.1) is 0 Å². The molecule has 1 fully saturated rings. The highest BCUT2D eigenvalue weighted by Gasteiger charge is 2.66. The Morgan fingerprint density at radius 2 is 1.75 bits per heavy atom. The van der Waals surface area contributed by atoms with Crippen molar-refractivity contribution in [2.75, 3.05) is 0 Å². The lowest BCUT2D eigenvalue weighted by Crippen LogP contribution is -2.35. The Morgan fingerprint density at radius 1 is 1.31 bits per heavy atom. The second-order valence-electron chi connectivity index (χ2n) is 4.62. The van der Waals surface area contributed by atoms with E-state index in [-0.39, 0.29) is 0 Å². The molecular weight excluding hydrogens is 287 g/mol. The fourth-order valence-electron chi connectivity index (χ4n) is 1.97. The molecule has 0 aromatic carbocycles. The van der Waals surface area contributed by atoms with E-state index in [1.165, 1.54) is 0 Å². The van der Waals surface area contributed by atoms with E-state index in [1.54, 1.807) is 13.8 Å². The van der Waals surface area contributed by atoms with Crippen LogP contribution in [0.1, 0.15) is 20.3 Å². The topological polar surface area (TPSA) is 17.1 Å². The number of halogens is 6. The zero-order valence-electron chi connectivity index (χ0n) is 8.54. The van der Waals surface area contributed by atoms with Crippen LogP contribution < -0.4 is 0 Å². The van der Waals surface area contributed by atoms with Crippen molar-refractivity contribution in [1.29, 1.82) is 0 Å². The SMILES string of the molecule is CC1(C)C(CC(Cl)(Cl)C(F)(F)F)C1C(=O)Cl. The number of carbonyl (C=O) groups is 1. The van der Waals surface area contributed by atoms with E-state index in [4.69, 9.17) is 34.8 Å². The fraction of sp³-hybridized carbons (Fsp3) is 0.889. The maximum Gasteiger partial charge on any atom is 0.421 e. The third kappa shape index (κ3) is 2.44. The summed E-state index contributed by atoms with van der Waals surface area (Å²) in [5.74, 6) is -1.14. The van der Waals surface area contributed by atoms with Gasteiger partial charge < -0.3 is 0 Å². The molecule has 1 aliphatic rings. The standard InChI is InChI=1S/C9H10Cl3F3O/c1-7(2)4(5(7)6(10)16)3-8(11,12)9(13,14)15/h4-5H,3H2,1-2H3. The fourth-order valence-corrected chi connectivity index (χ4v) is 2.73. The zero-order chi connectivity index (χ0) is 12.9. The van der Waals surface area contributed by atoms with Gasteiger partial charge in [0, 0.05) is 5.92 Å². The van der Waals surface area contributed by atoms with Crippen molar-refractivity contribution in [3.05, 3.63) is 0 Å². The Balaban J connectivity index is 2.75. The lowest BCUT2D eigenvalue weighted by atomic mass is 10.1. The predicted molar refractivity (Wildman–Crippen MR) is 56.7 cm³/mol. The van der Waals surface area contributed by atoms with Crippen molar-refractivity contribution in [3.8, 4) is 0 Å². The largest absolute Gasteiger partial charge is 0.421 e. The van der Waals surface area contributed by atoms with Gasteiger partial charge in [0.1, 0.15) is 0 Å². The Kier molecular flexibility index (Phi) is 3.53. The molecule has 1 rings (SSSR count). The van der Waals surface area contributed by atoms with Crippen molar-refractivity contribution in [1.82, 2.24) is 0 Å². The van der Waals surface area contributed by atoms with Crippen LogP contribution in [0.3, 0.4) is 0 Å². The first-order valence-corrected chi connectivity index (χ1v) is 5.68. The van der Waals surface area contributed by atoms with Crippen LogP contribution in [0.4, 0.5) is 13.2 Å². The van der Waals surface area contributed by atoms with E-state index < -0.39 is 39.4 Å². The monoisotopic (exact) mass is 296 g/mol. The Bertz CT molecular complexity index is 312. The Labute approximate surface area is 106 Å². The second kappa shape index (κ2) is 3.92. The molecule has 0 N–H and O–H groups in total. The van der Waals surface area contributed by atoms with E-state index >= 15 is 0 Å². The van der Waals surface area contributed by atoms with E-state index in [2.05, 4.69) is 0 Å². The molecule has 0 aromatic heterocycles. The van der Waals surface area contributed by atoms with Crippen molar-refractivity contribution < 1.29 is 18.0 Å². The van der Waals surface area contributed by atoms with Crippen LogP contribution in [-0.2, 0) is 4.79 Å². The summed E-state index contributed by atoms with van der Waals surface area (Å²) in [5.41, 5.74) is -0.570. The van der Waals surface area contributed by atoms with Crippen molar-refractivity contribution in [2.24, 2.45) is 17.3 Å². The molecule has 0 spiro atoms. The summed E-state index contributed by atoms with van der Waals surface area (Å²) < 4.78 is 34.4. The summed E-state index contributed by atoms with van der Waals surface area (Å²) in [6.07, 6.45) is -5.23. The van der Waals surface area contributed by atoms with Crippen LogP contribution in [0.15, 0.2) is 0 Å². The van der Waals surface area contributed by atoms with Gasteiger partial charge in [-0.15, -0.1) is 0 Å². The highest BCUT2D eigenvalue weighted by atomic mass is 35.5. The van der Waals surface area contributed by atoms with Crippen molar-refractivity contribution in [3.63, 3.8) is 0 Å². The first kappa shape index (κ1) is 14.4. The average Bonchev–Trinajstić information content (AvgIpc) is 2.49. The number of hydrogen-bond acceptors (Lipinski definition) is 1. The molecule has 94 valence electrons. The van der Waals surface area contributed by atoms with Crippen LogP contribution in [0.5, 0.6) is 0 Å². The number of carbonyl (C=O) groups excluding carboxylic acids is 1. The lowest BCUT2D eigenvalue weighted by Gasteiger charge is -2.23. The summed E-state index contributed by atoms with van der Waals surface area (Å²) in [6, 6.07) is 0. The Hall–Kier alpha value is 0.330. The van der Waals surface area contributed by atoms with Gasteiger partial charge in [-0.1, -0.05) is 37.0 Å². The molecule has 1 aliphatic carbocycles. The maximum atomic E-state index is 12.4. The minimum atomic E-state index is -4.71. The van der Waals surface area contributed by atoms with Crippen LogP contribution in [0, 0.1) is 17.3 Å². The second-order valence-corrected chi connectivity index (χ2v) is 6.47. The van der Waals surface area contributed by atoms with E-state index in [0.717, 1.165) is 0 Å². The summed E-state index contributed by atoms with van der Waals surface area (Å²) in [4.78, 5) is 11.0. The molecule has 0 bridgehead atoms. The van der Waals surface area contributed by atoms with Crippen LogP contribution >= 0.6 is 34.8 Å². The summed E-state index contributed by atoms with van der Waals surface area (Å²) in [5, 5.41) is -0.638. The van der Waals surface area contributed by atoms with Gasteiger partial charge in [-0.25, -0.2) is 0 Å². The minimum absolute atomic E-state index is 0.518.